The smallest absolute Gasteiger partial charge is 0.244 e. The molecule has 0 spiro atoms. The van der Waals surface area contributed by atoms with Crippen molar-refractivity contribution in [2.75, 3.05) is 24.5 Å². The fourth-order valence-corrected chi connectivity index (χ4v) is 3.22. The molecule has 2 atom stereocenters. The van der Waals surface area contributed by atoms with Gasteiger partial charge in [0.15, 0.2) is 0 Å². The number of carbonyl (C=O) groups is 1. The average Bonchev–Trinajstić information content (AvgIpc) is 3.10. The number of halogens is 1. The van der Waals surface area contributed by atoms with E-state index in [4.69, 9.17) is 5.73 Å². The molecule has 132 valence electrons. The number of nitrogens with one attached hydrogen (secondary N) is 1. The van der Waals surface area contributed by atoms with Gasteiger partial charge in [0.25, 0.3) is 0 Å². The molecule has 1 saturated heterocycles. The van der Waals surface area contributed by atoms with E-state index in [0.29, 0.717) is 12.5 Å². The van der Waals surface area contributed by atoms with E-state index in [1.165, 1.54) is 12.1 Å². The van der Waals surface area contributed by atoms with Gasteiger partial charge in [0, 0.05) is 25.3 Å². The summed E-state index contributed by atoms with van der Waals surface area (Å²) in [6, 6.07) is 15.9. The van der Waals surface area contributed by atoms with E-state index in [1.807, 2.05) is 30.3 Å². The van der Waals surface area contributed by atoms with Crippen molar-refractivity contribution >= 4 is 11.6 Å². The van der Waals surface area contributed by atoms with Gasteiger partial charge in [-0.05, 0) is 49.1 Å². The van der Waals surface area contributed by atoms with Crippen LogP contribution in [0.3, 0.4) is 0 Å². The summed E-state index contributed by atoms with van der Waals surface area (Å²) in [6.45, 7) is 4.08. The van der Waals surface area contributed by atoms with E-state index in [2.05, 4.69) is 10.2 Å². The van der Waals surface area contributed by atoms with E-state index >= 15 is 0 Å². The third kappa shape index (κ3) is 3.99. The van der Waals surface area contributed by atoms with Gasteiger partial charge in [-0.25, -0.2) is 4.39 Å². The van der Waals surface area contributed by atoms with Crippen molar-refractivity contribution in [1.29, 1.82) is 0 Å². The topological polar surface area (TPSA) is 58.4 Å². The molecule has 1 heterocycles. The Hall–Kier alpha value is -2.40. The van der Waals surface area contributed by atoms with Crippen molar-refractivity contribution in [2.24, 2.45) is 11.7 Å². The highest BCUT2D eigenvalue weighted by molar-refractivity contribution is 5.87. The van der Waals surface area contributed by atoms with Crippen molar-refractivity contribution < 1.29 is 9.18 Å². The third-order valence-electron chi connectivity index (χ3n) is 4.87. The van der Waals surface area contributed by atoms with E-state index in [9.17, 15) is 9.18 Å². The first-order valence-corrected chi connectivity index (χ1v) is 8.60. The van der Waals surface area contributed by atoms with Gasteiger partial charge in [0.2, 0.25) is 5.91 Å². The molecule has 2 unspecified atom stereocenters. The van der Waals surface area contributed by atoms with Crippen LogP contribution in [-0.2, 0) is 10.3 Å². The lowest BCUT2D eigenvalue weighted by Crippen LogP contribution is -2.50. The Kier molecular flexibility index (Phi) is 5.04. The van der Waals surface area contributed by atoms with Gasteiger partial charge in [-0.3, -0.25) is 4.79 Å². The lowest BCUT2D eigenvalue weighted by atomic mass is 9.92. The van der Waals surface area contributed by atoms with Gasteiger partial charge < -0.3 is 16.0 Å². The molecular formula is C20H24FN3O. The summed E-state index contributed by atoms with van der Waals surface area (Å²) in [4.78, 5) is 14.7. The van der Waals surface area contributed by atoms with E-state index in [0.717, 1.165) is 30.8 Å². The van der Waals surface area contributed by atoms with Crippen LogP contribution >= 0.6 is 0 Å². The van der Waals surface area contributed by atoms with Crippen LogP contribution in [-0.4, -0.2) is 25.5 Å². The molecule has 25 heavy (non-hydrogen) atoms. The second-order valence-electron chi connectivity index (χ2n) is 6.86. The Balaban J connectivity index is 1.54. The van der Waals surface area contributed by atoms with Crippen LogP contribution in [0.2, 0.25) is 0 Å². The zero-order chi connectivity index (χ0) is 17.9. The molecule has 3 N–H and O–H groups in total. The van der Waals surface area contributed by atoms with Crippen LogP contribution in [0.4, 0.5) is 10.1 Å². The quantitative estimate of drug-likeness (QED) is 0.879. The Morgan fingerprint density at radius 1 is 1.24 bits per heavy atom. The molecule has 0 saturated carbocycles. The number of nitrogens with two attached hydrogens (primary N) is 1. The monoisotopic (exact) mass is 341 g/mol. The standard InChI is InChI=1S/C20H24FN3O/c1-20(22,16-5-3-2-4-6-16)19(25)23-13-15-11-12-24(14-15)18-9-7-17(21)8-10-18/h2-10,15H,11-14,22H2,1H3,(H,23,25). The number of amides is 1. The zero-order valence-corrected chi connectivity index (χ0v) is 14.4. The van der Waals surface area contributed by atoms with Gasteiger partial charge in [-0.15, -0.1) is 0 Å². The molecule has 2 aromatic carbocycles. The molecule has 0 bridgehead atoms. The number of benzene rings is 2. The molecule has 0 aromatic heterocycles. The Bertz CT molecular complexity index is 715. The molecule has 0 aliphatic carbocycles. The SMILES string of the molecule is CC(N)(C(=O)NCC1CCN(c2ccc(F)cc2)C1)c1ccccc1. The van der Waals surface area contributed by atoms with E-state index < -0.39 is 5.54 Å². The van der Waals surface area contributed by atoms with Crippen molar-refractivity contribution in [3.63, 3.8) is 0 Å². The Morgan fingerprint density at radius 3 is 2.60 bits per heavy atom. The van der Waals surface area contributed by atoms with E-state index in [1.54, 1.807) is 19.1 Å². The summed E-state index contributed by atoms with van der Waals surface area (Å²) >= 11 is 0. The molecule has 1 fully saturated rings. The average molecular weight is 341 g/mol. The minimum Gasteiger partial charge on any atom is -0.371 e. The normalized spacial score (nSPS) is 19.5. The van der Waals surface area contributed by atoms with Crippen molar-refractivity contribution in [3.05, 3.63) is 66.0 Å². The van der Waals surface area contributed by atoms with Crippen LogP contribution in [0.1, 0.15) is 18.9 Å². The number of carbonyl (C=O) groups excluding carboxylic acids is 1. The summed E-state index contributed by atoms with van der Waals surface area (Å²) in [6.07, 6.45) is 0.990. The van der Waals surface area contributed by atoms with Crippen LogP contribution in [0, 0.1) is 11.7 Å². The summed E-state index contributed by atoms with van der Waals surface area (Å²) < 4.78 is 13.0. The number of rotatable bonds is 5. The molecule has 1 aliphatic heterocycles. The molecule has 0 radical (unpaired) electrons. The lowest BCUT2D eigenvalue weighted by molar-refractivity contribution is -0.126. The lowest BCUT2D eigenvalue weighted by Gasteiger charge is -2.25. The Morgan fingerprint density at radius 2 is 1.92 bits per heavy atom. The Labute approximate surface area is 147 Å². The van der Waals surface area contributed by atoms with Crippen LogP contribution in [0.25, 0.3) is 0 Å². The summed E-state index contributed by atoms with van der Waals surface area (Å²) in [5, 5.41) is 2.99. The molecule has 1 aliphatic rings. The van der Waals surface area contributed by atoms with Gasteiger partial charge in [0.05, 0.1) is 0 Å². The van der Waals surface area contributed by atoms with Gasteiger partial charge in [-0.1, -0.05) is 30.3 Å². The zero-order valence-electron chi connectivity index (χ0n) is 14.4. The van der Waals surface area contributed by atoms with Gasteiger partial charge in [-0.2, -0.15) is 0 Å². The van der Waals surface area contributed by atoms with E-state index in [-0.39, 0.29) is 11.7 Å². The minimum atomic E-state index is -1.05. The first-order valence-electron chi connectivity index (χ1n) is 8.60. The first-order chi connectivity index (χ1) is 12.0. The minimum absolute atomic E-state index is 0.168. The van der Waals surface area contributed by atoms with Gasteiger partial charge in [0.1, 0.15) is 11.4 Å². The second kappa shape index (κ2) is 7.23. The molecule has 5 heteroatoms. The highest BCUT2D eigenvalue weighted by atomic mass is 19.1. The molecule has 3 rings (SSSR count). The number of hydrogen-bond donors (Lipinski definition) is 2. The maximum atomic E-state index is 13.0. The van der Waals surface area contributed by atoms with Gasteiger partial charge >= 0.3 is 0 Å². The predicted molar refractivity (Wildman–Crippen MR) is 97.7 cm³/mol. The third-order valence-corrected chi connectivity index (χ3v) is 4.87. The molecular weight excluding hydrogens is 317 g/mol. The van der Waals surface area contributed by atoms with Crippen LogP contribution < -0.4 is 16.0 Å². The molecule has 2 aromatic rings. The highest BCUT2D eigenvalue weighted by Crippen LogP contribution is 2.24. The fraction of sp³-hybridized carbons (Fsp3) is 0.350. The molecule has 1 amide bonds. The van der Waals surface area contributed by atoms with Crippen molar-refractivity contribution in [2.45, 2.75) is 18.9 Å². The number of anilines is 1. The van der Waals surface area contributed by atoms with Crippen molar-refractivity contribution in [3.8, 4) is 0 Å². The highest BCUT2D eigenvalue weighted by Gasteiger charge is 2.31. The fourth-order valence-electron chi connectivity index (χ4n) is 3.22. The maximum absolute atomic E-state index is 13.0. The predicted octanol–water partition coefficient (Wildman–Crippen LogP) is 2.64. The maximum Gasteiger partial charge on any atom is 0.244 e. The summed E-state index contributed by atoms with van der Waals surface area (Å²) in [7, 11) is 0. The van der Waals surface area contributed by atoms with Crippen LogP contribution in [0.5, 0.6) is 0 Å². The molecule has 4 nitrogen and oxygen atoms in total. The largest absolute Gasteiger partial charge is 0.371 e. The van der Waals surface area contributed by atoms with Crippen molar-refractivity contribution in [1.82, 2.24) is 5.32 Å². The summed E-state index contributed by atoms with van der Waals surface area (Å²) in [5.74, 6) is -0.0330. The summed E-state index contributed by atoms with van der Waals surface area (Å²) in [5.41, 5.74) is 7.01. The number of nitrogens with zero attached hydrogens (tertiary/aromatic N) is 1. The first kappa shape index (κ1) is 17.4. The van der Waals surface area contributed by atoms with Crippen LogP contribution in [0.15, 0.2) is 54.6 Å². The number of hydrogen-bond acceptors (Lipinski definition) is 3. The second-order valence-corrected chi connectivity index (χ2v) is 6.86.